The molecule has 0 spiro atoms. The number of rotatable bonds is 5. The normalized spacial score (nSPS) is 11.1. The summed E-state index contributed by atoms with van der Waals surface area (Å²) in [6, 6.07) is 6.40. The Hall–Kier alpha value is -1.23. The highest BCUT2D eigenvalue weighted by Gasteiger charge is 2.31. The van der Waals surface area contributed by atoms with Crippen LogP contribution in [0.25, 0.3) is 0 Å². The second-order valence-electron chi connectivity index (χ2n) is 3.88. The van der Waals surface area contributed by atoms with Gasteiger partial charge in [-0.25, -0.2) is 4.79 Å². The molecule has 1 aromatic carbocycles. The van der Waals surface area contributed by atoms with Gasteiger partial charge in [0, 0.05) is 4.90 Å². The third-order valence-electron chi connectivity index (χ3n) is 2.05. The van der Waals surface area contributed by atoms with Crippen LogP contribution in [0.2, 0.25) is 0 Å². The molecule has 1 aromatic rings. The van der Waals surface area contributed by atoms with Crippen LogP contribution < -0.4 is 4.74 Å². The van der Waals surface area contributed by atoms with Crippen molar-refractivity contribution in [3.05, 3.63) is 24.3 Å². The van der Waals surface area contributed by atoms with Gasteiger partial charge in [-0.3, -0.25) is 0 Å². The van der Waals surface area contributed by atoms with E-state index in [-0.39, 0.29) is 12.1 Å². The number of carbonyl (C=O) groups is 1. The van der Waals surface area contributed by atoms with E-state index in [1.165, 1.54) is 0 Å². The van der Waals surface area contributed by atoms with Gasteiger partial charge in [0.05, 0.1) is 18.8 Å². The average molecular weight is 258 g/mol. The van der Waals surface area contributed by atoms with Crippen molar-refractivity contribution >= 4 is 18.1 Å². The molecule has 5 heteroatoms. The predicted octanol–water partition coefficient (Wildman–Crippen LogP) is 3.38. The van der Waals surface area contributed by atoms with Crippen LogP contribution in [0.5, 0.6) is 5.75 Å². The lowest BCUT2D eigenvalue weighted by atomic mass is 10.1. The molecule has 0 aliphatic heterocycles. The highest BCUT2D eigenvalue weighted by molar-refractivity contribution is 7.94. The third-order valence-corrected chi connectivity index (χ3v) is 2.50. The van der Waals surface area contributed by atoms with Gasteiger partial charge in [-0.15, -0.1) is 0 Å². The van der Waals surface area contributed by atoms with Crippen molar-refractivity contribution in [1.82, 2.24) is 0 Å². The molecule has 0 saturated carbocycles. The molecule has 3 nitrogen and oxygen atoms in total. The van der Waals surface area contributed by atoms with Gasteiger partial charge >= 0.3 is 5.97 Å². The summed E-state index contributed by atoms with van der Waals surface area (Å²) in [5, 5.41) is 0. The summed E-state index contributed by atoms with van der Waals surface area (Å²) in [7, 11) is 0. The molecule has 0 fully saturated rings. The van der Waals surface area contributed by atoms with Crippen LogP contribution in [0, 0.1) is 0 Å². The maximum Gasteiger partial charge on any atom is 0.349 e. The molecule has 0 aliphatic carbocycles. The molecule has 0 atom stereocenters. The molecule has 0 heterocycles. The fraction of sp³-hybridized carbons (Fsp3) is 0.417. The summed E-state index contributed by atoms with van der Waals surface area (Å²) in [4.78, 5) is 12.1. The number of hydrogen-bond acceptors (Lipinski definition) is 4. The van der Waals surface area contributed by atoms with Gasteiger partial charge in [-0.1, -0.05) is 0 Å². The Morgan fingerprint density at radius 1 is 1.35 bits per heavy atom. The second-order valence-corrected chi connectivity index (χ2v) is 4.51. The second kappa shape index (κ2) is 5.91. The smallest absolute Gasteiger partial charge is 0.349 e. The van der Waals surface area contributed by atoms with Gasteiger partial charge in [0.15, 0.2) is 5.60 Å². The zero-order valence-electron chi connectivity index (χ0n) is 10.0. The van der Waals surface area contributed by atoms with E-state index in [4.69, 9.17) is 9.47 Å². The van der Waals surface area contributed by atoms with Crippen LogP contribution in [0.1, 0.15) is 20.8 Å². The molecule has 1 rings (SSSR count). The van der Waals surface area contributed by atoms with Crippen LogP contribution in [0.15, 0.2) is 29.2 Å². The van der Waals surface area contributed by atoms with Crippen LogP contribution in [-0.4, -0.2) is 18.2 Å². The van der Waals surface area contributed by atoms with E-state index < -0.39 is 11.6 Å². The Balaban J connectivity index is 2.71. The van der Waals surface area contributed by atoms with Gasteiger partial charge in [-0.05, 0) is 45.0 Å². The molecule has 0 amide bonds. The summed E-state index contributed by atoms with van der Waals surface area (Å²) in [5.74, 6) is 0.0739. The quantitative estimate of drug-likeness (QED) is 0.758. The van der Waals surface area contributed by atoms with Crippen LogP contribution >= 0.6 is 12.1 Å². The first-order chi connectivity index (χ1) is 7.99. The molecule has 0 radical (unpaired) electrons. The van der Waals surface area contributed by atoms with Crippen molar-refractivity contribution < 1.29 is 18.2 Å². The van der Waals surface area contributed by atoms with Gasteiger partial charge in [0.2, 0.25) is 0 Å². The minimum atomic E-state index is -1.06. The van der Waals surface area contributed by atoms with Crippen molar-refractivity contribution in [1.29, 1.82) is 0 Å². The summed E-state index contributed by atoms with van der Waals surface area (Å²) >= 11 is 0.163. The van der Waals surface area contributed by atoms with E-state index in [9.17, 15) is 8.68 Å². The molecular weight excluding hydrogens is 243 g/mol. The standard InChI is InChI=1S/C12H15FO3S/c1-4-15-11(14)12(2,3)16-9-5-7-10(17-13)8-6-9/h5-8H,4H2,1-3H3. The Kier molecular flexibility index (Phi) is 4.81. The fourth-order valence-electron chi connectivity index (χ4n) is 1.20. The molecular formula is C12H15FO3S. The number of hydrogen-bond donors (Lipinski definition) is 0. The SMILES string of the molecule is CCOC(=O)C(C)(C)Oc1ccc(SF)cc1. The lowest BCUT2D eigenvalue weighted by molar-refractivity contribution is -0.158. The molecule has 94 valence electrons. The number of carbonyl (C=O) groups excluding carboxylic acids is 1. The van der Waals surface area contributed by atoms with Gasteiger partial charge < -0.3 is 9.47 Å². The highest BCUT2D eigenvalue weighted by atomic mass is 32.2. The Morgan fingerprint density at radius 3 is 2.41 bits per heavy atom. The molecule has 0 aliphatic rings. The summed E-state index contributed by atoms with van der Waals surface area (Å²) in [5.41, 5.74) is -1.06. The van der Waals surface area contributed by atoms with Crippen LogP contribution in [-0.2, 0) is 9.53 Å². The van der Waals surface area contributed by atoms with Crippen LogP contribution in [0.3, 0.4) is 0 Å². The maximum absolute atomic E-state index is 12.2. The fourth-order valence-corrected chi connectivity index (χ4v) is 1.44. The lowest BCUT2D eigenvalue weighted by Gasteiger charge is -2.24. The third kappa shape index (κ3) is 3.93. The van der Waals surface area contributed by atoms with E-state index in [1.54, 1.807) is 45.0 Å². The zero-order chi connectivity index (χ0) is 12.9. The molecule has 17 heavy (non-hydrogen) atoms. The summed E-state index contributed by atoms with van der Waals surface area (Å²) < 4.78 is 22.6. The number of benzene rings is 1. The molecule has 0 bridgehead atoms. The lowest BCUT2D eigenvalue weighted by Crippen LogP contribution is -2.39. The molecule has 0 unspecified atom stereocenters. The van der Waals surface area contributed by atoms with Crippen molar-refractivity contribution in [2.75, 3.05) is 6.61 Å². The minimum absolute atomic E-state index is 0.163. The van der Waals surface area contributed by atoms with E-state index in [0.717, 1.165) is 0 Å². The van der Waals surface area contributed by atoms with Crippen molar-refractivity contribution in [3.63, 3.8) is 0 Å². The van der Waals surface area contributed by atoms with Crippen LogP contribution in [0.4, 0.5) is 3.89 Å². The van der Waals surface area contributed by atoms with E-state index in [0.29, 0.717) is 17.3 Å². The molecule has 0 aromatic heterocycles. The van der Waals surface area contributed by atoms with Crippen molar-refractivity contribution in [3.8, 4) is 5.75 Å². The highest BCUT2D eigenvalue weighted by Crippen LogP contribution is 2.24. The topological polar surface area (TPSA) is 35.5 Å². The number of halogens is 1. The maximum atomic E-state index is 12.2. The monoisotopic (exact) mass is 258 g/mol. The number of ether oxygens (including phenoxy) is 2. The van der Waals surface area contributed by atoms with E-state index >= 15 is 0 Å². The predicted molar refractivity (Wildman–Crippen MR) is 64.7 cm³/mol. The van der Waals surface area contributed by atoms with Gasteiger partial charge in [0.25, 0.3) is 0 Å². The Morgan fingerprint density at radius 2 is 1.94 bits per heavy atom. The molecule has 0 saturated heterocycles. The number of esters is 1. The summed E-state index contributed by atoms with van der Waals surface area (Å²) in [6.07, 6.45) is 0. The largest absolute Gasteiger partial charge is 0.476 e. The minimum Gasteiger partial charge on any atom is -0.476 e. The van der Waals surface area contributed by atoms with Crippen molar-refractivity contribution in [2.45, 2.75) is 31.3 Å². The molecule has 0 N–H and O–H groups in total. The van der Waals surface area contributed by atoms with Gasteiger partial charge in [-0.2, -0.15) is 3.89 Å². The van der Waals surface area contributed by atoms with Crippen molar-refractivity contribution in [2.24, 2.45) is 0 Å². The zero-order valence-corrected chi connectivity index (χ0v) is 10.8. The Labute approximate surface area is 105 Å². The van der Waals surface area contributed by atoms with E-state index in [1.807, 2.05) is 0 Å². The first-order valence-corrected chi connectivity index (χ1v) is 5.96. The first-order valence-electron chi connectivity index (χ1n) is 5.24. The summed E-state index contributed by atoms with van der Waals surface area (Å²) in [6.45, 7) is 5.30. The average Bonchev–Trinajstić information content (AvgIpc) is 2.30. The van der Waals surface area contributed by atoms with Gasteiger partial charge in [0.1, 0.15) is 5.75 Å². The Bertz CT molecular complexity index is 376. The first kappa shape index (κ1) is 13.8. The van der Waals surface area contributed by atoms with E-state index in [2.05, 4.69) is 0 Å².